The topological polar surface area (TPSA) is 51.0 Å². The fraction of sp³-hybridized carbons (Fsp3) is 0.167. The standard InChI is InChI=1S/C24H23FN2O/c25-21-14-8-13-19-18(11-6-7-16-26)23(27-24(19)21)20-12-4-5-15-22(20)28-17-9-2-1-3-10-17/h1-5,8-10,12-15,27H,6-7,11,16,26H2. The lowest BCUT2D eigenvalue weighted by Crippen LogP contribution is -1.99. The highest BCUT2D eigenvalue weighted by Crippen LogP contribution is 2.38. The van der Waals surface area contributed by atoms with Crippen LogP contribution in [0, 0.1) is 5.82 Å². The molecule has 3 aromatic carbocycles. The molecule has 4 aromatic rings. The number of H-pyrrole nitrogens is 1. The van der Waals surface area contributed by atoms with Crippen LogP contribution in [0.25, 0.3) is 22.2 Å². The molecule has 4 rings (SSSR count). The van der Waals surface area contributed by atoms with Gasteiger partial charge in [-0.05, 0) is 61.7 Å². The van der Waals surface area contributed by atoms with Crippen molar-refractivity contribution in [2.45, 2.75) is 19.3 Å². The first-order valence-corrected chi connectivity index (χ1v) is 9.59. The molecule has 0 atom stereocenters. The third-order valence-corrected chi connectivity index (χ3v) is 4.90. The molecule has 3 N–H and O–H groups in total. The number of aromatic nitrogens is 1. The maximum Gasteiger partial charge on any atom is 0.147 e. The minimum absolute atomic E-state index is 0.245. The predicted molar refractivity (Wildman–Crippen MR) is 112 cm³/mol. The van der Waals surface area contributed by atoms with Crippen molar-refractivity contribution in [1.82, 2.24) is 4.98 Å². The lowest BCUT2D eigenvalue weighted by Gasteiger charge is -2.12. The van der Waals surface area contributed by atoms with Gasteiger partial charge in [0.1, 0.15) is 17.3 Å². The van der Waals surface area contributed by atoms with E-state index in [1.165, 1.54) is 6.07 Å². The molecule has 0 saturated carbocycles. The molecule has 0 radical (unpaired) electrons. The third-order valence-electron chi connectivity index (χ3n) is 4.90. The Kier molecular flexibility index (Phi) is 5.40. The molecule has 0 aliphatic heterocycles. The number of para-hydroxylation sites is 3. The smallest absolute Gasteiger partial charge is 0.147 e. The van der Waals surface area contributed by atoms with E-state index >= 15 is 0 Å². The Morgan fingerprint density at radius 3 is 2.46 bits per heavy atom. The van der Waals surface area contributed by atoms with Crippen molar-refractivity contribution >= 4 is 10.9 Å². The van der Waals surface area contributed by atoms with Gasteiger partial charge in [-0.15, -0.1) is 0 Å². The highest BCUT2D eigenvalue weighted by Gasteiger charge is 2.18. The molecule has 0 saturated heterocycles. The first-order valence-electron chi connectivity index (χ1n) is 9.59. The van der Waals surface area contributed by atoms with Crippen molar-refractivity contribution < 1.29 is 9.13 Å². The van der Waals surface area contributed by atoms with Gasteiger partial charge in [0.2, 0.25) is 0 Å². The summed E-state index contributed by atoms with van der Waals surface area (Å²) in [5.41, 5.74) is 9.14. The van der Waals surface area contributed by atoms with E-state index < -0.39 is 0 Å². The van der Waals surface area contributed by atoms with E-state index in [4.69, 9.17) is 10.5 Å². The molecule has 0 amide bonds. The van der Waals surface area contributed by atoms with E-state index in [0.29, 0.717) is 12.1 Å². The van der Waals surface area contributed by atoms with Crippen LogP contribution in [-0.2, 0) is 6.42 Å². The van der Waals surface area contributed by atoms with E-state index in [9.17, 15) is 4.39 Å². The number of unbranched alkanes of at least 4 members (excludes halogenated alkanes) is 1. The number of rotatable bonds is 7. The summed E-state index contributed by atoms with van der Waals surface area (Å²) in [6.45, 7) is 0.653. The second kappa shape index (κ2) is 8.28. The maximum absolute atomic E-state index is 14.4. The van der Waals surface area contributed by atoms with Gasteiger partial charge in [0.15, 0.2) is 0 Å². The van der Waals surface area contributed by atoms with Gasteiger partial charge in [0, 0.05) is 10.9 Å². The van der Waals surface area contributed by atoms with Gasteiger partial charge < -0.3 is 15.5 Å². The molecule has 0 aliphatic rings. The number of halogens is 1. The van der Waals surface area contributed by atoms with Crippen molar-refractivity contribution in [3.63, 3.8) is 0 Å². The zero-order chi connectivity index (χ0) is 19.3. The molecule has 28 heavy (non-hydrogen) atoms. The second-order valence-electron chi connectivity index (χ2n) is 6.80. The lowest BCUT2D eigenvalue weighted by molar-refractivity contribution is 0.484. The number of hydrogen-bond acceptors (Lipinski definition) is 2. The Bertz CT molecular complexity index is 1070. The Morgan fingerprint density at radius 1 is 0.857 bits per heavy atom. The fourth-order valence-corrected chi connectivity index (χ4v) is 3.55. The molecule has 1 aromatic heterocycles. The van der Waals surface area contributed by atoms with Crippen LogP contribution in [0.3, 0.4) is 0 Å². The summed E-state index contributed by atoms with van der Waals surface area (Å²) in [5, 5.41) is 0.918. The van der Waals surface area contributed by atoms with Crippen molar-refractivity contribution in [2.24, 2.45) is 5.73 Å². The summed E-state index contributed by atoms with van der Waals surface area (Å²) < 4.78 is 20.6. The Labute approximate surface area is 164 Å². The predicted octanol–water partition coefficient (Wildman–Crippen LogP) is 6.05. The van der Waals surface area contributed by atoms with E-state index in [2.05, 4.69) is 4.98 Å². The molecule has 4 heteroatoms. The number of fused-ring (bicyclic) bond motifs is 1. The number of aromatic amines is 1. The molecule has 142 valence electrons. The highest BCUT2D eigenvalue weighted by molar-refractivity contribution is 5.92. The molecule has 3 nitrogen and oxygen atoms in total. The minimum atomic E-state index is -0.245. The van der Waals surface area contributed by atoms with Crippen LogP contribution in [0.2, 0.25) is 0 Å². The molecule has 1 heterocycles. The maximum atomic E-state index is 14.4. The second-order valence-corrected chi connectivity index (χ2v) is 6.80. The fourth-order valence-electron chi connectivity index (χ4n) is 3.55. The van der Waals surface area contributed by atoms with E-state index in [-0.39, 0.29) is 5.82 Å². The average Bonchev–Trinajstić information content (AvgIpc) is 3.09. The van der Waals surface area contributed by atoms with Gasteiger partial charge in [-0.3, -0.25) is 0 Å². The first kappa shape index (κ1) is 18.3. The number of nitrogens with two attached hydrogens (primary N) is 1. The number of benzene rings is 3. The molecule has 0 unspecified atom stereocenters. The number of aryl methyl sites for hydroxylation is 1. The monoisotopic (exact) mass is 374 g/mol. The quantitative estimate of drug-likeness (QED) is 0.387. The van der Waals surface area contributed by atoms with E-state index in [1.54, 1.807) is 6.07 Å². The van der Waals surface area contributed by atoms with Crippen LogP contribution in [0.15, 0.2) is 72.8 Å². The molecule has 0 fully saturated rings. The molecule has 0 spiro atoms. The van der Waals surface area contributed by atoms with Gasteiger partial charge in [-0.2, -0.15) is 0 Å². The first-order chi connectivity index (χ1) is 13.8. The summed E-state index contributed by atoms with van der Waals surface area (Å²) >= 11 is 0. The number of hydrogen-bond donors (Lipinski definition) is 2. The van der Waals surface area contributed by atoms with Crippen molar-refractivity contribution in [3.8, 4) is 22.8 Å². The van der Waals surface area contributed by atoms with Crippen LogP contribution in [0.5, 0.6) is 11.5 Å². The SMILES string of the molecule is NCCCCc1c(-c2ccccc2Oc2ccccc2)[nH]c2c(F)cccc12. The number of nitrogens with one attached hydrogen (secondary N) is 1. The molecular formula is C24H23FN2O. The molecular weight excluding hydrogens is 351 g/mol. The van der Waals surface area contributed by atoms with Crippen molar-refractivity contribution in [2.75, 3.05) is 6.54 Å². The van der Waals surface area contributed by atoms with Crippen molar-refractivity contribution in [1.29, 1.82) is 0 Å². The lowest BCUT2D eigenvalue weighted by atomic mass is 9.99. The summed E-state index contributed by atoms with van der Waals surface area (Å²) in [6, 6.07) is 22.7. The van der Waals surface area contributed by atoms with Gasteiger partial charge in [-0.25, -0.2) is 4.39 Å². The van der Waals surface area contributed by atoms with Gasteiger partial charge in [-0.1, -0.05) is 42.5 Å². The van der Waals surface area contributed by atoms with Crippen LogP contribution in [0.4, 0.5) is 4.39 Å². The summed E-state index contributed by atoms with van der Waals surface area (Å²) in [4.78, 5) is 3.32. The van der Waals surface area contributed by atoms with Gasteiger partial charge >= 0.3 is 0 Å². The van der Waals surface area contributed by atoms with E-state index in [0.717, 1.165) is 53.0 Å². The Morgan fingerprint density at radius 2 is 1.64 bits per heavy atom. The summed E-state index contributed by atoms with van der Waals surface area (Å²) in [5.74, 6) is 1.26. The van der Waals surface area contributed by atoms with Gasteiger partial charge in [0.25, 0.3) is 0 Å². The summed E-state index contributed by atoms with van der Waals surface area (Å²) in [6.07, 6.45) is 2.72. The average molecular weight is 374 g/mol. The zero-order valence-corrected chi connectivity index (χ0v) is 15.6. The van der Waals surface area contributed by atoms with Crippen LogP contribution in [-0.4, -0.2) is 11.5 Å². The Balaban J connectivity index is 1.82. The van der Waals surface area contributed by atoms with E-state index in [1.807, 2.05) is 60.7 Å². The van der Waals surface area contributed by atoms with Gasteiger partial charge in [0.05, 0.1) is 11.2 Å². The highest BCUT2D eigenvalue weighted by atomic mass is 19.1. The van der Waals surface area contributed by atoms with Crippen molar-refractivity contribution in [3.05, 3.63) is 84.2 Å². The normalized spacial score (nSPS) is 11.1. The largest absolute Gasteiger partial charge is 0.457 e. The number of ether oxygens (including phenoxy) is 1. The molecule has 0 bridgehead atoms. The third kappa shape index (κ3) is 3.64. The van der Waals surface area contributed by atoms with Crippen LogP contribution in [0.1, 0.15) is 18.4 Å². The minimum Gasteiger partial charge on any atom is -0.457 e. The zero-order valence-electron chi connectivity index (χ0n) is 15.6. The van der Waals surface area contributed by atoms with Crippen LogP contribution < -0.4 is 10.5 Å². The van der Waals surface area contributed by atoms with Crippen LogP contribution >= 0.6 is 0 Å². The summed E-state index contributed by atoms with van der Waals surface area (Å²) in [7, 11) is 0. The Hall–Kier alpha value is -3.11. The molecule has 0 aliphatic carbocycles.